The highest BCUT2D eigenvalue weighted by atomic mass is 32.2. The molecule has 2 aliphatic rings. The van der Waals surface area contributed by atoms with Crippen molar-refractivity contribution in [3.63, 3.8) is 0 Å². The lowest BCUT2D eigenvalue weighted by Gasteiger charge is -2.32. The third-order valence-electron chi connectivity index (χ3n) is 5.57. The number of hydrogen-bond donors (Lipinski definition) is 0. The molecule has 0 radical (unpaired) electrons. The summed E-state index contributed by atoms with van der Waals surface area (Å²) in [7, 11) is -3.56. The number of benzene rings is 1. The van der Waals surface area contributed by atoms with Crippen molar-refractivity contribution < 1.29 is 22.7 Å². The van der Waals surface area contributed by atoms with E-state index in [1.54, 1.807) is 6.20 Å². The average molecular weight is 433 g/mol. The van der Waals surface area contributed by atoms with Gasteiger partial charge in [-0.1, -0.05) is 18.2 Å². The summed E-state index contributed by atoms with van der Waals surface area (Å²) < 4.78 is 32.8. The van der Waals surface area contributed by atoms with Crippen LogP contribution in [-0.2, 0) is 19.6 Å². The van der Waals surface area contributed by atoms with Crippen molar-refractivity contribution >= 4 is 32.6 Å². The smallest absolute Gasteiger partial charge is 0.241 e. The number of fused-ring (bicyclic) bond motifs is 1. The van der Waals surface area contributed by atoms with E-state index in [1.807, 2.05) is 24.3 Å². The van der Waals surface area contributed by atoms with E-state index in [0.29, 0.717) is 51.1 Å². The summed E-state index contributed by atoms with van der Waals surface area (Å²) in [6, 6.07) is 7.68. The van der Waals surface area contributed by atoms with Gasteiger partial charge in [-0.15, -0.1) is 5.10 Å². The highest BCUT2D eigenvalue weighted by molar-refractivity contribution is 7.89. The molecular formula is C20H24N4O5S. The lowest BCUT2D eigenvalue weighted by molar-refractivity contribution is -0.147. The minimum Gasteiger partial charge on any atom is -0.473 e. The van der Waals surface area contributed by atoms with E-state index in [2.05, 4.69) is 10.2 Å². The SMILES string of the molecule is O=C1CCCC(=O)N1CCS(=O)(=O)N1CCC(Oc2nncc3ccccc23)CC1. The number of aromatic nitrogens is 2. The summed E-state index contributed by atoms with van der Waals surface area (Å²) in [6.45, 7) is 0.572. The number of ether oxygens (including phenoxy) is 1. The number of sulfonamides is 1. The molecule has 0 aliphatic carbocycles. The maximum absolute atomic E-state index is 12.7. The maximum atomic E-state index is 12.7. The topological polar surface area (TPSA) is 110 Å². The molecule has 0 N–H and O–H groups in total. The molecule has 0 saturated carbocycles. The molecule has 3 heterocycles. The van der Waals surface area contributed by atoms with E-state index in [9.17, 15) is 18.0 Å². The van der Waals surface area contributed by atoms with Gasteiger partial charge in [-0.2, -0.15) is 5.10 Å². The molecule has 2 aliphatic heterocycles. The van der Waals surface area contributed by atoms with Gasteiger partial charge in [-0.25, -0.2) is 12.7 Å². The lowest BCUT2D eigenvalue weighted by atomic mass is 10.1. The van der Waals surface area contributed by atoms with Crippen LogP contribution in [0.2, 0.25) is 0 Å². The van der Waals surface area contributed by atoms with Crippen LogP contribution < -0.4 is 4.74 Å². The number of likely N-dealkylation sites (tertiary alicyclic amines) is 1. The molecule has 1 aromatic heterocycles. The summed E-state index contributed by atoms with van der Waals surface area (Å²) in [5, 5.41) is 9.87. The van der Waals surface area contributed by atoms with E-state index in [1.165, 1.54) is 4.31 Å². The van der Waals surface area contributed by atoms with Gasteiger partial charge in [0.15, 0.2) is 0 Å². The molecule has 2 saturated heterocycles. The molecule has 0 bridgehead atoms. The monoisotopic (exact) mass is 432 g/mol. The van der Waals surface area contributed by atoms with Crippen LogP contribution in [0.3, 0.4) is 0 Å². The van der Waals surface area contributed by atoms with Gasteiger partial charge in [0.1, 0.15) is 6.10 Å². The molecular weight excluding hydrogens is 408 g/mol. The van der Waals surface area contributed by atoms with Crippen molar-refractivity contribution in [2.45, 2.75) is 38.2 Å². The third-order valence-corrected chi connectivity index (χ3v) is 7.42. The normalized spacial score (nSPS) is 19.4. The minimum atomic E-state index is -3.56. The molecule has 0 atom stereocenters. The Labute approximate surface area is 175 Å². The molecule has 4 rings (SSSR count). The van der Waals surface area contributed by atoms with Crippen molar-refractivity contribution in [2.75, 3.05) is 25.4 Å². The number of imide groups is 1. The van der Waals surface area contributed by atoms with Crippen LogP contribution in [0.25, 0.3) is 10.8 Å². The van der Waals surface area contributed by atoms with E-state index < -0.39 is 10.0 Å². The Bertz CT molecular complexity index is 1030. The van der Waals surface area contributed by atoms with E-state index >= 15 is 0 Å². The summed E-state index contributed by atoms with van der Waals surface area (Å²) in [6.07, 6.45) is 3.72. The van der Waals surface area contributed by atoms with Crippen molar-refractivity contribution in [1.29, 1.82) is 0 Å². The van der Waals surface area contributed by atoms with Crippen molar-refractivity contribution in [3.8, 4) is 5.88 Å². The quantitative estimate of drug-likeness (QED) is 0.634. The summed E-state index contributed by atoms with van der Waals surface area (Å²) in [5.74, 6) is -0.365. The molecule has 9 nitrogen and oxygen atoms in total. The van der Waals surface area contributed by atoms with Crippen molar-refractivity contribution in [3.05, 3.63) is 30.5 Å². The largest absolute Gasteiger partial charge is 0.473 e. The standard InChI is InChI=1S/C20H24N4O5S/c25-18-6-3-7-19(26)24(18)12-13-30(27,28)23-10-8-16(9-11-23)29-20-17-5-2-1-4-15(17)14-21-22-20/h1-2,4-5,14,16H,3,6-13H2. The van der Waals surface area contributed by atoms with Gasteiger partial charge in [0.05, 0.1) is 11.9 Å². The Morgan fingerprint density at radius 1 is 1.07 bits per heavy atom. The van der Waals surface area contributed by atoms with Gasteiger partial charge < -0.3 is 4.74 Å². The Balaban J connectivity index is 1.33. The fourth-order valence-electron chi connectivity index (χ4n) is 3.86. The Morgan fingerprint density at radius 3 is 2.50 bits per heavy atom. The lowest BCUT2D eigenvalue weighted by Crippen LogP contribution is -2.47. The molecule has 0 spiro atoms. The first-order valence-electron chi connectivity index (χ1n) is 10.1. The zero-order valence-electron chi connectivity index (χ0n) is 16.6. The maximum Gasteiger partial charge on any atom is 0.241 e. The molecule has 2 aromatic rings. The number of hydrogen-bond acceptors (Lipinski definition) is 7. The molecule has 160 valence electrons. The average Bonchev–Trinajstić information content (AvgIpc) is 2.74. The van der Waals surface area contributed by atoms with Crippen LogP contribution in [-0.4, -0.2) is 71.1 Å². The number of rotatable bonds is 6. The van der Waals surface area contributed by atoms with Gasteiger partial charge >= 0.3 is 0 Å². The predicted octanol–water partition coefficient (Wildman–Crippen LogP) is 1.34. The highest BCUT2D eigenvalue weighted by Crippen LogP contribution is 2.25. The number of nitrogens with zero attached hydrogens (tertiary/aromatic N) is 4. The minimum absolute atomic E-state index is 0.0813. The second-order valence-corrected chi connectivity index (χ2v) is 9.65. The Hall–Kier alpha value is -2.59. The summed E-state index contributed by atoms with van der Waals surface area (Å²) in [5.41, 5.74) is 0. The van der Waals surface area contributed by atoms with Gasteiger partial charge in [-0.05, 0) is 25.3 Å². The summed E-state index contributed by atoms with van der Waals surface area (Å²) >= 11 is 0. The second-order valence-electron chi connectivity index (χ2n) is 7.56. The second kappa shape index (κ2) is 8.65. The van der Waals surface area contributed by atoms with E-state index in [4.69, 9.17) is 4.74 Å². The van der Waals surface area contributed by atoms with Crippen LogP contribution >= 0.6 is 0 Å². The van der Waals surface area contributed by atoms with Crippen molar-refractivity contribution in [2.24, 2.45) is 0 Å². The molecule has 30 heavy (non-hydrogen) atoms. The molecule has 10 heteroatoms. The van der Waals surface area contributed by atoms with Gasteiger partial charge in [-0.3, -0.25) is 14.5 Å². The number of piperidine rings is 2. The van der Waals surface area contributed by atoms with Crippen LogP contribution in [0, 0.1) is 0 Å². The van der Waals surface area contributed by atoms with Gasteiger partial charge in [0.25, 0.3) is 0 Å². The highest BCUT2D eigenvalue weighted by Gasteiger charge is 2.32. The van der Waals surface area contributed by atoms with Gasteiger partial charge in [0, 0.05) is 43.2 Å². The third kappa shape index (κ3) is 4.44. The molecule has 2 fully saturated rings. The fraction of sp³-hybridized carbons (Fsp3) is 0.500. The number of carbonyl (C=O) groups excluding carboxylic acids is 2. The van der Waals surface area contributed by atoms with Gasteiger partial charge in [0.2, 0.25) is 27.7 Å². The van der Waals surface area contributed by atoms with Crippen LogP contribution in [0.15, 0.2) is 30.5 Å². The fourth-order valence-corrected chi connectivity index (χ4v) is 5.30. The van der Waals surface area contributed by atoms with Crippen LogP contribution in [0.5, 0.6) is 5.88 Å². The summed E-state index contributed by atoms with van der Waals surface area (Å²) in [4.78, 5) is 24.8. The first-order chi connectivity index (χ1) is 14.4. The van der Waals surface area contributed by atoms with E-state index in [-0.39, 0.29) is 30.2 Å². The first kappa shape index (κ1) is 20.7. The first-order valence-corrected chi connectivity index (χ1v) is 11.7. The zero-order valence-corrected chi connectivity index (χ0v) is 17.4. The molecule has 1 aromatic carbocycles. The number of amides is 2. The zero-order chi connectivity index (χ0) is 21.1. The molecule has 0 unspecified atom stereocenters. The molecule has 2 amide bonds. The predicted molar refractivity (Wildman–Crippen MR) is 109 cm³/mol. The van der Waals surface area contributed by atoms with Crippen LogP contribution in [0.4, 0.5) is 0 Å². The van der Waals surface area contributed by atoms with E-state index in [0.717, 1.165) is 15.7 Å². The number of carbonyl (C=O) groups is 2. The van der Waals surface area contributed by atoms with Crippen molar-refractivity contribution in [1.82, 2.24) is 19.4 Å². The van der Waals surface area contributed by atoms with Crippen LogP contribution in [0.1, 0.15) is 32.1 Å². The Morgan fingerprint density at radius 2 is 1.77 bits per heavy atom. The Kier molecular flexibility index (Phi) is 5.96.